The van der Waals surface area contributed by atoms with Gasteiger partial charge in [0.2, 0.25) is 0 Å². The van der Waals surface area contributed by atoms with Crippen LogP contribution in [0.25, 0.3) is 0 Å². The first-order chi connectivity index (χ1) is 3.73. The van der Waals surface area contributed by atoms with Crippen molar-refractivity contribution in [2.24, 2.45) is 0 Å². The third-order valence-electron chi connectivity index (χ3n) is 0. The van der Waals surface area contributed by atoms with Crippen LogP contribution < -0.4 is 0 Å². The molecule has 0 amide bonds. The molecule has 0 atom stereocenters. The zero-order valence-electron chi connectivity index (χ0n) is 5.68. The second-order valence-electron chi connectivity index (χ2n) is 2.35. The average Bonchev–Trinajstić information content (AvgIpc) is 1.19. The summed E-state index contributed by atoms with van der Waals surface area (Å²) in [6, 6.07) is 0. The Morgan fingerprint density at radius 2 is 1.33 bits per heavy atom. The summed E-state index contributed by atoms with van der Waals surface area (Å²) >= 11 is 5.67. The Labute approximate surface area is 60.0 Å². The van der Waals surface area contributed by atoms with Gasteiger partial charge in [-0.3, -0.25) is 0 Å². The molecule has 0 bridgehead atoms. The van der Waals surface area contributed by atoms with Gasteiger partial charge in [-0.1, -0.05) is 19.6 Å². The Morgan fingerprint density at radius 3 is 1.33 bits per heavy atom. The minimum absolute atomic E-state index is 1.14. The molecule has 0 fully saturated rings. The third-order valence-corrected chi connectivity index (χ3v) is 0. The summed E-state index contributed by atoms with van der Waals surface area (Å²) in [4.78, 5) is 8.56. The lowest BCUT2D eigenvalue weighted by atomic mass is 11.5. The third kappa shape index (κ3) is 5210. The van der Waals surface area contributed by atoms with Crippen molar-refractivity contribution in [1.82, 2.24) is 0 Å². The highest BCUT2D eigenvalue weighted by molar-refractivity contribution is 7.18. The Kier molecular flexibility index (Phi) is 5.95. The fraction of sp³-hybridized carbons (Fsp3) is 0.750. The van der Waals surface area contributed by atoms with Crippen molar-refractivity contribution in [2.45, 2.75) is 19.6 Å². The molecule has 0 aromatic rings. The van der Waals surface area contributed by atoms with Crippen molar-refractivity contribution in [3.8, 4) is 0 Å². The van der Waals surface area contributed by atoms with E-state index in [0.717, 1.165) is 0 Å². The summed E-state index contributed by atoms with van der Waals surface area (Å²) in [5.74, 6) is 0. The normalized spacial score (nSPS) is 9.33. The molecule has 9 heavy (non-hydrogen) atoms. The van der Waals surface area contributed by atoms with Gasteiger partial charge in [-0.05, 0) is 0 Å². The standard InChI is InChI=1S/C3H9ClSi.CH2O3/c1-5(2,3)4;2-1(3)4/h1-3H3;(H2,2,3,4). The van der Waals surface area contributed by atoms with E-state index in [1.165, 1.54) is 0 Å². The molecule has 0 rings (SSSR count). The van der Waals surface area contributed by atoms with E-state index in [-0.39, 0.29) is 0 Å². The van der Waals surface area contributed by atoms with E-state index in [0.29, 0.717) is 0 Å². The monoisotopic (exact) mass is 170 g/mol. The molecule has 0 aliphatic carbocycles. The molecule has 0 heterocycles. The van der Waals surface area contributed by atoms with E-state index < -0.39 is 13.5 Å². The van der Waals surface area contributed by atoms with Crippen LogP contribution in [0, 0.1) is 0 Å². The van der Waals surface area contributed by atoms with Gasteiger partial charge in [0.1, 0.15) is 7.38 Å². The number of hydrogen-bond donors (Lipinski definition) is 2. The lowest BCUT2D eigenvalue weighted by Gasteiger charge is -1.97. The van der Waals surface area contributed by atoms with Crippen LogP contribution >= 0.6 is 11.1 Å². The van der Waals surface area contributed by atoms with Crippen molar-refractivity contribution < 1.29 is 15.0 Å². The van der Waals surface area contributed by atoms with Gasteiger partial charge < -0.3 is 10.2 Å². The molecule has 0 radical (unpaired) electrons. The van der Waals surface area contributed by atoms with E-state index in [1.807, 2.05) is 0 Å². The minimum Gasteiger partial charge on any atom is -0.450 e. The van der Waals surface area contributed by atoms with Crippen LogP contribution in [0.3, 0.4) is 0 Å². The van der Waals surface area contributed by atoms with Crippen LogP contribution in [0.2, 0.25) is 19.6 Å². The number of carbonyl (C=O) groups is 1. The van der Waals surface area contributed by atoms with E-state index in [2.05, 4.69) is 19.6 Å². The first kappa shape index (κ1) is 11.6. The highest BCUT2D eigenvalue weighted by Crippen LogP contribution is 2.03. The molecule has 0 unspecified atom stereocenters. The fourth-order valence-corrected chi connectivity index (χ4v) is 0. The van der Waals surface area contributed by atoms with Gasteiger partial charge in [-0.2, -0.15) is 11.1 Å². The van der Waals surface area contributed by atoms with Crippen molar-refractivity contribution >= 4 is 24.6 Å². The first-order valence-corrected chi connectivity index (χ1v) is 6.85. The zero-order chi connectivity index (χ0) is 8.08. The molecule has 0 aliphatic rings. The van der Waals surface area contributed by atoms with Gasteiger partial charge in [0.25, 0.3) is 0 Å². The zero-order valence-corrected chi connectivity index (χ0v) is 7.44. The van der Waals surface area contributed by atoms with Crippen LogP contribution in [-0.2, 0) is 0 Å². The molecule has 3 nitrogen and oxygen atoms in total. The lowest BCUT2D eigenvalue weighted by molar-refractivity contribution is 0.137. The number of halogens is 1. The van der Waals surface area contributed by atoms with Crippen molar-refractivity contribution in [1.29, 1.82) is 0 Å². The van der Waals surface area contributed by atoms with Crippen LogP contribution in [0.15, 0.2) is 0 Å². The number of rotatable bonds is 0. The molecule has 0 saturated carbocycles. The summed E-state index contributed by atoms with van der Waals surface area (Å²) in [5.41, 5.74) is 0. The summed E-state index contributed by atoms with van der Waals surface area (Å²) in [6.45, 7) is 6.28. The maximum atomic E-state index is 8.56. The topological polar surface area (TPSA) is 57.5 Å². The Bertz CT molecular complexity index is 78.3. The Hall–Kier alpha value is -0.223. The highest BCUT2D eigenvalue weighted by Gasteiger charge is 2.04. The van der Waals surface area contributed by atoms with Crippen molar-refractivity contribution in [3.05, 3.63) is 0 Å². The Morgan fingerprint density at radius 1 is 1.33 bits per heavy atom. The summed E-state index contributed by atoms with van der Waals surface area (Å²) in [5, 5.41) is 13.9. The van der Waals surface area contributed by atoms with E-state index in [9.17, 15) is 0 Å². The van der Waals surface area contributed by atoms with Crippen LogP contribution in [0.1, 0.15) is 0 Å². The predicted molar refractivity (Wildman–Crippen MR) is 39.9 cm³/mol. The van der Waals surface area contributed by atoms with Gasteiger partial charge in [-0.15, -0.1) is 0 Å². The Balaban J connectivity index is 0. The quantitative estimate of drug-likeness (QED) is 0.433. The smallest absolute Gasteiger partial charge is 0.450 e. The van der Waals surface area contributed by atoms with Gasteiger partial charge in [0.05, 0.1) is 0 Å². The van der Waals surface area contributed by atoms with Crippen LogP contribution in [0.5, 0.6) is 0 Å². The molecule has 0 saturated heterocycles. The molecule has 0 aromatic carbocycles. The predicted octanol–water partition coefficient (Wildman–Crippen LogP) is 2.28. The maximum Gasteiger partial charge on any atom is 0.503 e. The summed E-state index contributed by atoms with van der Waals surface area (Å²) < 4.78 is 0. The van der Waals surface area contributed by atoms with Crippen LogP contribution in [0.4, 0.5) is 4.79 Å². The van der Waals surface area contributed by atoms with Gasteiger partial charge in [0.15, 0.2) is 0 Å². The summed E-state index contributed by atoms with van der Waals surface area (Å²) in [6.07, 6.45) is -1.83. The molecule has 5 heteroatoms. The molecule has 0 aliphatic heterocycles. The molecule has 0 aromatic heterocycles. The molecule has 0 spiro atoms. The van der Waals surface area contributed by atoms with Crippen LogP contribution in [-0.4, -0.2) is 23.8 Å². The lowest BCUT2D eigenvalue weighted by Crippen LogP contribution is -2.06. The molecule has 2 N–H and O–H groups in total. The van der Waals surface area contributed by atoms with Gasteiger partial charge in [0, 0.05) is 0 Å². The van der Waals surface area contributed by atoms with Gasteiger partial charge in [-0.25, -0.2) is 4.79 Å². The first-order valence-electron chi connectivity index (χ1n) is 2.34. The van der Waals surface area contributed by atoms with E-state index in [4.69, 9.17) is 26.1 Å². The molecular formula is C4H11ClO3Si. The fourth-order valence-electron chi connectivity index (χ4n) is 0. The minimum atomic E-state index is -1.83. The van der Waals surface area contributed by atoms with Gasteiger partial charge >= 0.3 is 6.16 Å². The maximum absolute atomic E-state index is 8.56. The summed E-state index contributed by atoms with van der Waals surface area (Å²) in [7, 11) is -1.14. The van der Waals surface area contributed by atoms with E-state index >= 15 is 0 Å². The second-order valence-corrected chi connectivity index (χ2v) is 9.89. The van der Waals surface area contributed by atoms with Crippen molar-refractivity contribution in [3.63, 3.8) is 0 Å². The number of carboxylic acid groups (broad SMARTS) is 2. The average molecular weight is 171 g/mol. The molecule has 56 valence electrons. The molecular weight excluding hydrogens is 160 g/mol. The number of hydrogen-bond acceptors (Lipinski definition) is 1. The van der Waals surface area contributed by atoms with E-state index in [1.54, 1.807) is 0 Å². The largest absolute Gasteiger partial charge is 0.503 e. The van der Waals surface area contributed by atoms with Crippen molar-refractivity contribution in [2.75, 3.05) is 0 Å². The highest BCUT2D eigenvalue weighted by atomic mass is 35.6. The second kappa shape index (κ2) is 4.64. The SMILES string of the molecule is C[Si](C)(C)Cl.O=C(O)O.